The molecule has 3 rings (SSSR count). The summed E-state index contributed by atoms with van der Waals surface area (Å²) in [7, 11) is 0. The van der Waals surface area contributed by atoms with E-state index < -0.39 is 11.9 Å². The highest BCUT2D eigenvalue weighted by Gasteiger charge is 2.21. The molecule has 1 heterocycles. The van der Waals surface area contributed by atoms with Crippen LogP contribution in [0.1, 0.15) is 36.9 Å². The van der Waals surface area contributed by atoms with Crippen LogP contribution in [0.2, 0.25) is 10.0 Å². The molecule has 0 bridgehead atoms. The fraction of sp³-hybridized carbons (Fsp3) is 0.300. The van der Waals surface area contributed by atoms with Gasteiger partial charge in [0.15, 0.2) is 0 Å². The number of halogens is 3. The summed E-state index contributed by atoms with van der Waals surface area (Å²) in [5, 5.41) is 3.05. The van der Waals surface area contributed by atoms with E-state index in [0.29, 0.717) is 17.0 Å². The monoisotopic (exact) mass is 408 g/mol. The Labute approximate surface area is 167 Å². The number of amides is 2. The summed E-state index contributed by atoms with van der Waals surface area (Å²) in [5.74, 6) is -0.662. The van der Waals surface area contributed by atoms with Gasteiger partial charge in [-0.05, 0) is 48.7 Å². The number of hydrogen-bond donors (Lipinski definition) is 1. The normalized spacial score (nSPS) is 15.1. The van der Waals surface area contributed by atoms with Crippen LogP contribution >= 0.6 is 23.2 Å². The smallest absolute Gasteiger partial charge is 0.227 e. The van der Waals surface area contributed by atoms with E-state index in [9.17, 15) is 14.0 Å². The third-order valence-corrected chi connectivity index (χ3v) is 5.19. The molecule has 4 nitrogen and oxygen atoms in total. The van der Waals surface area contributed by atoms with Crippen molar-refractivity contribution in [2.75, 3.05) is 11.4 Å². The van der Waals surface area contributed by atoms with Crippen molar-refractivity contribution in [1.82, 2.24) is 5.32 Å². The average molecular weight is 409 g/mol. The summed E-state index contributed by atoms with van der Waals surface area (Å²) >= 11 is 11.8. The molecule has 142 valence electrons. The van der Waals surface area contributed by atoms with Gasteiger partial charge in [0.2, 0.25) is 11.8 Å². The molecule has 1 fully saturated rings. The van der Waals surface area contributed by atoms with Crippen molar-refractivity contribution in [2.45, 2.75) is 32.2 Å². The second kappa shape index (κ2) is 8.28. The molecular formula is C20H19Cl2FN2O2. The minimum absolute atomic E-state index is 0.0566. The largest absolute Gasteiger partial charge is 0.349 e. The van der Waals surface area contributed by atoms with E-state index in [0.717, 1.165) is 24.2 Å². The minimum Gasteiger partial charge on any atom is -0.349 e. The van der Waals surface area contributed by atoms with Gasteiger partial charge < -0.3 is 10.2 Å². The van der Waals surface area contributed by atoms with Gasteiger partial charge in [0.1, 0.15) is 5.82 Å². The molecular weight excluding hydrogens is 390 g/mol. The van der Waals surface area contributed by atoms with Crippen LogP contribution in [-0.2, 0) is 16.0 Å². The molecule has 1 atom stereocenters. The zero-order valence-electron chi connectivity index (χ0n) is 14.8. The van der Waals surface area contributed by atoms with Crippen LogP contribution in [-0.4, -0.2) is 18.4 Å². The Bertz CT molecular complexity index is 871. The molecule has 0 radical (unpaired) electrons. The van der Waals surface area contributed by atoms with Gasteiger partial charge in [-0.15, -0.1) is 0 Å². The van der Waals surface area contributed by atoms with Gasteiger partial charge in [0.25, 0.3) is 0 Å². The molecule has 0 spiro atoms. The highest BCUT2D eigenvalue weighted by molar-refractivity contribution is 6.35. The number of rotatable bonds is 5. The Hall–Kier alpha value is -2.11. The van der Waals surface area contributed by atoms with Gasteiger partial charge in [-0.25, -0.2) is 4.39 Å². The fourth-order valence-corrected chi connectivity index (χ4v) is 3.69. The van der Waals surface area contributed by atoms with Crippen LogP contribution in [0.15, 0.2) is 36.4 Å². The summed E-state index contributed by atoms with van der Waals surface area (Å²) < 4.78 is 13.7. The Kier molecular flexibility index (Phi) is 6.02. The SMILES string of the molecule is C[C@H](NC(=O)Cc1ccc(N2CCCC2=O)cc1)c1cc(F)c(Cl)cc1Cl. The van der Waals surface area contributed by atoms with Crippen molar-refractivity contribution in [3.63, 3.8) is 0 Å². The highest BCUT2D eigenvalue weighted by Crippen LogP contribution is 2.28. The zero-order chi connectivity index (χ0) is 19.6. The number of nitrogens with zero attached hydrogens (tertiary/aromatic N) is 1. The maximum absolute atomic E-state index is 13.7. The molecule has 0 saturated carbocycles. The number of carbonyl (C=O) groups is 2. The van der Waals surface area contributed by atoms with Crippen molar-refractivity contribution in [2.24, 2.45) is 0 Å². The Balaban J connectivity index is 1.62. The van der Waals surface area contributed by atoms with Gasteiger partial charge in [-0.2, -0.15) is 0 Å². The number of benzene rings is 2. The number of hydrogen-bond acceptors (Lipinski definition) is 2. The first-order valence-corrected chi connectivity index (χ1v) is 9.44. The first-order chi connectivity index (χ1) is 12.8. The maximum Gasteiger partial charge on any atom is 0.227 e. The van der Waals surface area contributed by atoms with Crippen molar-refractivity contribution in [3.05, 3.63) is 63.4 Å². The quantitative estimate of drug-likeness (QED) is 0.730. The average Bonchev–Trinajstić information content (AvgIpc) is 3.04. The van der Waals surface area contributed by atoms with Crippen LogP contribution < -0.4 is 10.2 Å². The molecule has 1 aliphatic rings. The van der Waals surface area contributed by atoms with Crippen molar-refractivity contribution >= 4 is 40.7 Å². The minimum atomic E-state index is -0.579. The standard InChI is InChI=1S/C20H19Cl2FN2O2/c1-12(15-10-18(23)17(22)11-16(15)21)24-19(26)9-13-4-6-14(7-5-13)25-8-2-3-20(25)27/h4-7,10-12H,2-3,8-9H2,1H3,(H,24,26)/t12-/m0/s1. The van der Waals surface area contributed by atoms with E-state index in [2.05, 4.69) is 5.32 Å². The Morgan fingerprint density at radius 1 is 1.22 bits per heavy atom. The number of carbonyl (C=O) groups excluding carboxylic acids is 2. The summed E-state index contributed by atoms with van der Waals surface area (Å²) in [4.78, 5) is 25.8. The van der Waals surface area contributed by atoms with Gasteiger partial charge in [0.05, 0.1) is 17.5 Å². The third-order valence-electron chi connectivity index (χ3n) is 4.57. The fourth-order valence-electron chi connectivity index (χ4n) is 3.14. The van der Waals surface area contributed by atoms with E-state index in [1.807, 2.05) is 24.3 Å². The maximum atomic E-state index is 13.7. The molecule has 2 amide bonds. The predicted molar refractivity (Wildman–Crippen MR) is 105 cm³/mol. The molecule has 1 saturated heterocycles. The summed E-state index contributed by atoms with van der Waals surface area (Å²) in [6.07, 6.45) is 1.62. The van der Waals surface area contributed by atoms with Gasteiger partial charge in [-0.3, -0.25) is 9.59 Å². The zero-order valence-corrected chi connectivity index (χ0v) is 16.3. The van der Waals surface area contributed by atoms with Crippen molar-refractivity contribution < 1.29 is 14.0 Å². The molecule has 0 unspecified atom stereocenters. The predicted octanol–water partition coefficient (Wildman–Crippen LogP) is 4.68. The lowest BCUT2D eigenvalue weighted by molar-refractivity contribution is -0.121. The van der Waals surface area contributed by atoms with Gasteiger partial charge in [0, 0.05) is 23.7 Å². The molecule has 2 aromatic rings. The molecule has 0 aromatic heterocycles. The van der Waals surface area contributed by atoms with Gasteiger partial charge in [-0.1, -0.05) is 35.3 Å². The van der Waals surface area contributed by atoms with E-state index in [1.165, 1.54) is 12.1 Å². The molecule has 1 N–H and O–H groups in total. The first kappa shape index (κ1) is 19.6. The lowest BCUT2D eigenvalue weighted by Gasteiger charge is -2.17. The number of anilines is 1. The topological polar surface area (TPSA) is 49.4 Å². The lowest BCUT2D eigenvalue weighted by Crippen LogP contribution is -2.28. The molecule has 0 aliphatic carbocycles. The van der Waals surface area contributed by atoms with E-state index >= 15 is 0 Å². The first-order valence-electron chi connectivity index (χ1n) is 8.68. The van der Waals surface area contributed by atoms with Crippen LogP contribution in [0.4, 0.5) is 10.1 Å². The van der Waals surface area contributed by atoms with E-state index in [4.69, 9.17) is 23.2 Å². The third kappa shape index (κ3) is 4.60. The Morgan fingerprint density at radius 2 is 1.93 bits per heavy atom. The van der Waals surface area contributed by atoms with Gasteiger partial charge >= 0.3 is 0 Å². The van der Waals surface area contributed by atoms with Crippen LogP contribution in [0.3, 0.4) is 0 Å². The Morgan fingerprint density at radius 3 is 2.56 bits per heavy atom. The summed E-state index contributed by atoms with van der Waals surface area (Å²) in [6.45, 7) is 2.46. The van der Waals surface area contributed by atoms with Crippen LogP contribution in [0.25, 0.3) is 0 Å². The van der Waals surface area contributed by atoms with Crippen molar-refractivity contribution in [1.29, 1.82) is 0 Å². The number of nitrogens with one attached hydrogen (secondary N) is 1. The van der Waals surface area contributed by atoms with E-state index in [-0.39, 0.29) is 23.3 Å². The molecule has 27 heavy (non-hydrogen) atoms. The molecule has 7 heteroatoms. The van der Waals surface area contributed by atoms with E-state index in [1.54, 1.807) is 11.8 Å². The van der Waals surface area contributed by atoms with Crippen molar-refractivity contribution in [3.8, 4) is 0 Å². The van der Waals surface area contributed by atoms with Crippen LogP contribution in [0.5, 0.6) is 0 Å². The highest BCUT2D eigenvalue weighted by atomic mass is 35.5. The summed E-state index contributed by atoms with van der Waals surface area (Å²) in [6, 6.07) is 9.46. The molecule has 1 aliphatic heterocycles. The molecule has 2 aromatic carbocycles. The lowest BCUT2D eigenvalue weighted by atomic mass is 10.1. The summed E-state index contributed by atoms with van der Waals surface area (Å²) in [5.41, 5.74) is 2.14. The second-order valence-electron chi connectivity index (χ2n) is 6.57. The van der Waals surface area contributed by atoms with Crippen LogP contribution in [0, 0.1) is 5.82 Å². The second-order valence-corrected chi connectivity index (χ2v) is 7.38.